The van der Waals surface area contributed by atoms with E-state index in [0.717, 1.165) is 43.6 Å². The van der Waals surface area contributed by atoms with Gasteiger partial charge in [-0.05, 0) is 42.9 Å². The lowest BCUT2D eigenvalue weighted by Gasteiger charge is -2.19. The molecular formula is C16H21N3O. The number of aryl methyl sites for hydroxylation is 1. The Morgan fingerprint density at radius 3 is 3.10 bits per heavy atom. The predicted molar refractivity (Wildman–Crippen MR) is 79.7 cm³/mol. The summed E-state index contributed by atoms with van der Waals surface area (Å²) in [6, 6.07) is 6.24. The molecule has 1 aromatic carbocycles. The fraction of sp³-hybridized carbons (Fsp3) is 0.500. The smallest absolute Gasteiger partial charge is 0.258 e. The van der Waals surface area contributed by atoms with Gasteiger partial charge in [-0.25, -0.2) is 0 Å². The van der Waals surface area contributed by atoms with Gasteiger partial charge in [0.1, 0.15) is 0 Å². The van der Waals surface area contributed by atoms with Crippen LogP contribution in [0.5, 0.6) is 0 Å². The van der Waals surface area contributed by atoms with Crippen molar-refractivity contribution in [3.63, 3.8) is 0 Å². The van der Waals surface area contributed by atoms with Gasteiger partial charge >= 0.3 is 0 Å². The molecule has 0 bridgehead atoms. The number of anilines is 1. The van der Waals surface area contributed by atoms with Crippen molar-refractivity contribution in [2.45, 2.75) is 39.5 Å². The normalized spacial score (nSPS) is 14.2. The molecule has 0 spiro atoms. The Balaban J connectivity index is 1.86. The fourth-order valence-electron chi connectivity index (χ4n) is 2.59. The van der Waals surface area contributed by atoms with E-state index in [0.29, 0.717) is 11.8 Å². The first-order valence-electron chi connectivity index (χ1n) is 7.43. The molecule has 20 heavy (non-hydrogen) atoms. The molecule has 0 unspecified atom stereocenters. The Hall–Kier alpha value is -1.84. The number of hydrogen-bond acceptors (Lipinski definition) is 4. The zero-order valence-corrected chi connectivity index (χ0v) is 12.1. The average molecular weight is 271 g/mol. The third kappa shape index (κ3) is 2.69. The lowest BCUT2D eigenvalue weighted by atomic mass is 9.97. The van der Waals surface area contributed by atoms with Crippen molar-refractivity contribution >= 4 is 5.69 Å². The van der Waals surface area contributed by atoms with Gasteiger partial charge in [0.05, 0.1) is 0 Å². The topological polar surface area (TPSA) is 51.0 Å². The molecule has 0 saturated carbocycles. The Morgan fingerprint density at radius 2 is 2.25 bits per heavy atom. The van der Waals surface area contributed by atoms with Gasteiger partial charge in [0.2, 0.25) is 0 Å². The summed E-state index contributed by atoms with van der Waals surface area (Å²) < 4.78 is 5.46. The summed E-state index contributed by atoms with van der Waals surface area (Å²) in [5, 5.41) is 7.54. The van der Waals surface area contributed by atoms with Crippen LogP contribution < -0.4 is 5.32 Å². The molecule has 1 N–H and O–H groups in total. The minimum atomic E-state index is 0.657. The van der Waals surface area contributed by atoms with Crippen molar-refractivity contribution < 1.29 is 4.52 Å². The van der Waals surface area contributed by atoms with Crippen LogP contribution in [0.3, 0.4) is 0 Å². The van der Waals surface area contributed by atoms with Crippen molar-refractivity contribution in [2.75, 3.05) is 11.9 Å². The highest BCUT2D eigenvalue weighted by molar-refractivity contribution is 5.69. The van der Waals surface area contributed by atoms with Gasteiger partial charge in [0.15, 0.2) is 5.82 Å². The summed E-state index contributed by atoms with van der Waals surface area (Å²) in [6.45, 7) is 5.46. The molecule has 0 saturated heterocycles. The van der Waals surface area contributed by atoms with Crippen molar-refractivity contribution in [3.8, 4) is 11.5 Å². The summed E-state index contributed by atoms with van der Waals surface area (Å²) in [6.07, 6.45) is 4.20. The van der Waals surface area contributed by atoms with Crippen LogP contribution in [0.25, 0.3) is 11.5 Å². The molecule has 106 valence electrons. The number of nitrogens with one attached hydrogen (secondary N) is 1. The summed E-state index contributed by atoms with van der Waals surface area (Å²) in [4.78, 5) is 4.56. The van der Waals surface area contributed by atoms with Crippen LogP contribution in [0.2, 0.25) is 0 Å². The van der Waals surface area contributed by atoms with Crippen LogP contribution in [-0.2, 0) is 12.8 Å². The second kappa shape index (κ2) is 5.65. The van der Waals surface area contributed by atoms with Gasteiger partial charge in [-0.15, -0.1) is 0 Å². The predicted octanol–water partition coefficient (Wildman–Crippen LogP) is 3.68. The summed E-state index contributed by atoms with van der Waals surface area (Å²) in [5.74, 6) is 2.13. The van der Waals surface area contributed by atoms with Crippen LogP contribution in [0.1, 0.15) is 38.1 Å². The maximum Gasteiger partial charge on any atom is 0.258 e. The zero-order valence-electron chi connectivity index (χ0n) is 12.1. The van der Waals surface area contributed by atoms with Crippen LogP contribution in [0.15, 0.2) is 22.7 Å². The van der Waals surface area contributed by atoms with E-state index in [1.54, 1.807) is 0 Å². The van der Waals surface area contributed by atoms with Gasteiger partial charge in [-0.1, -0.05) is 25.1 Å². The highest BCUT2D eigenvalue weighted by Crippen LogP contribution is 2.31. The van der Waals surface area contributed by atoms with Crippen molar-refractivity contribution in [3.05, 3.63) is 29.6 Å². The molecule has 3 rings (SSSR count). The minimum absolute atomic E-state index is 0.657. The lowest BCUT2D eigenvalue weighted by Crippen LogP contribution is -2.12. The minimum Gasteiger partial charge on any atom is -0.385 e. The van der Waals surface area contributed by atoms with Crippen molar-refractivity contribution in [1.29, 1.82) is 0 Å². The van der Waals surface area contributed by atoms with E-state index >= 15 is 0 Å². The molecule has 0 radical (unpaired) electrons. The van der Waals surface area contributed by atoms with Crippen molar-refractivity contribution in [2.24, 2.45) is 5.92 Å². The first-order valence-corrected chi connectivity index (χ1v) is 7.43. The SMILES string of the molecule is CC(C)CCc1noc(-c2cccc3c2CCCN3)n1. The highest BCUT2D eigenvalue weighted by atomic mass is 16.5. The van der Waals surface area contributed by atoms with E-state index in [-0.39, 0.29) is 0 Å². The number of fused-ring (bicyclic) bond motifs is 1. The lowest BCUT2D eigenvalue weighted by molar-refractivity contribution is 0.418. The maximum atomic E-state index is 5.46. The first kappa shape index (κ1) is 13.2. The van der Waals surface area contributed by atoms with Gasteiger partial charge in [0, 0.05) is 24.2 Å². The molecule has 0 amide bonds. The molecule has 1 aliphatic rings. The van der Waals surface area contributed by atoms with Crippen molar-refractivity contribution in [1.82, 2.24) is 10.1 Å². The van der Waals surface area contributed by atoms with Gasteiger partial charge in [-0.3, -0.25) is 0 Å². The Morgan fingerprint density at radius 1 is 1.35 bits per heavy atom. The molecule has 4 heteroatoms. The molecular weight excluding hydrogens is 250 g/mol. The van der Waals surface area contributed by atoms with E-state index in [1.165, 1.54) is 11.3 Å². The summed E-state index contributed by atoms with van der Waals surface area (Å²) >= 11 is 0. The molecule has 1 aliphatic heterocycles. The first-order chi connectivity index (χ1) is 9.74. The fourth-order valence-corrected chi connectivity index (χ4v) is 2.59. The molecule has 0 fully saturated rings. The summed E-state index contributed by atoms with van der Waals surface area (Å²) in [7, 11) is 0. The maximum absolute atomic E-state index is 5.46. The summed E-state index contributed by atoms with van der Waals surface area (Å²) in [5.41, 5.74) is 3.59. The van der Waals surface area contributed by atoms with E-state index in [1.807, 2.05) is 6.07 Å². The molecule has 2 heterocycles. The second-order valence-corrected chi connectivity index (χ2v) is 5.81. The average Bonchev–Trinajstić information content (AvgIpc) is 2.93. The van der Waals surface area contributed by atoms with Gasteiger partial charge < -0.3 is 9.84 Å². The third-order valence-electron chi connectivity index (χ3n) is 3.74. The third-order valence-corrected chi connectivity index (χ3v) is 3.74. The standard InChI is InChI=1S/C16H21N3O/c1-11(2)8-9-15-18-16(20-19-15)13-5-3-7-14-12(13)6-4-10-17-14/h3,5,7,11,17H,4,6,8-10H2,1-2H3. The number of aromatic nitrogens is 2. The van der Waals surface area contributed by atoms with Crippen LogP contribution >= 0.6 is 0 Å². The quantitative estimate of drug-likeness (QED) is 0.921. The Kier molecular flexibility index (Phi) is 3.72. The van der Waals surface area contributed by atoms with Gasteiger partial charge in [0.25, 0.3) is 5.89 Å². The zero-order chi connectivity index (χ0) is 13.9. The van der Waals surface area contributed by atoms with E-state index in [2.05, 4.69) is 41.4 Å². The van der Waals surface area contributed by atoms with Crippen LogP contribution in [-0.4, -0.2) is 16.7 Å². The number of nitrogens with zero attached hydrogens (tertiary/aromatic N) is 2. The Labute approximate surface area is 119 Å². The second-order valence-electron chi connectivity index (χ2n) is 5.81. The van der Waals surface area contributed by atoms with Crippen LogP contribution in [0.4, 0.5) is 5.69 Å². The number of hydrogen-bond donors (Lipinski definition) is 1. The highest BCUT2D eigenvalue weighted by Gasteiger charge is 2.17. The van der Waals surface area contributed by atoms with Gasteiger partial charge in [-0.2, -0.15) is 4.98 Å². The van der Waals surface area contributed by atoms with Crippen LogP contribution in [0, 0.1) is 5.92 Å². The number of rotatable bonds is 4. The monoisotopic (exact) mass is 271 g/mol. The van der Waals surface area contributed by atoms with E-state index in [4.69, 9.17) is 4.52 Å². The molecule has 0 atom stereocenters. The largest absolute Gasteiger partial charge is 0.385 e. The Bertz CT molecular complexity index is 589. The van der Waals surface area contributed by atoms with E-state index in [9.17, 15) is 0 Å². The molecule has 1 aromatic heterocycles. The molecule has 2 aromatic rings. The molecule has 0 aliphatic carbocycles. The number of benzene rings is 1. The molecule has 4 nitrogen and oxygen atoms in total. The van der Waals surface area contributed by atoms with E-state index < -0.39 is 0 Å².